The minimum Gasteiger partial charge on any atom is -0.364 e. The molecule has 0 amide bonds. The van der Waals surface area contributed by atoms with Crippen LogP contribution in [0, 0.1) is 6.92 Å². The number of aromatic amines is 1. The molecule has 26 heavy (non-hydrogen) atoms. The van der Waals surface area contributed by atoms with Crippen molar-refractivity contribution < 1.29 is 4.52 Å². The highest BCUT2D eigenvalue weighted by Crippen LogP contribution is 2.43. The van der Waals surface area contributed by atoms with Gasteiger partial charge in [0.1, 0.15) is 17.3 Å². The first-order valence-electron chi connectivity index (χ1n) is 8.66. The highest BCUT2D eigenvalue weighted by molar-refractivity contribution is 6.10. The standard InChI is InChI=1S/C19H17N5O2/c1-10-6-12(24-26-10)7-21-18-13-4-5-20-8-15(13)16-17(23-18)14(11-2-3-11)9-22-19(16)25/h4-6,8-9,11H,2-3,7H2,1H3,(H,21,23)(H,22,25). The van der Waals surface area contributed by atoms with Gasteiger partial charge in [-0.2, -0.15) is 0 Å². The Hall–Kier alpha value is -3.22. The summed E-state index contributed by atoms with van der Waals surface area (Å²) in [6.07, 6.45) is 7.52. The molecule has 130 valence electrons. The van der Waals surface area contributed by atoms with Crippen LogP contribution in [0.2, 0.25) is 0 Å². The van der Waals surface area contributed by atoms with Gasteiger partial charge in [-0.25, -0.2) is 4.98 Å². The number of pyridine rings is 3. The van der Waals surface area contributed by atoms with E-state index in [1.54, 1.807) is 12.4 Å². The number of fused-ring (bicyclic) bond motifs is 3. The van der Waals surface area contributed by atoms with Crippen molar-refractivity contribution in [1.82, 2.24) is 20.1 Å². The van der Waals surface area contributed by atoms with Crippen molar-refractivity contribution in [3.05, 3.63) is 58.1 Å². The normalized spacial score (nSPS) is 14.2. The number of nitrogens with zero attached hydrogens (tertiary/aromatic N) is 3. The van der Waals surface area contributed by atoms with E-state index in [9.17, 15) is 4.79 Å². The molecule has 0 radical (unpaired) electrons. The Labute approximate surface area is 148 Å². The molecule has 7 heteroatoms. The molecule has 0 spiro atoms. The molecular formula is C19H17N5O2. The maximum atomic E-state index is 12.5. The predicted molar refractivity (Wildman–Crippen MR) is 98.2 cm³/mol. The SMILES string of the molecule is Cc1cc(CNc2nc3c(C4CC4)c[nH]c(=O)c3c3cnccc23)no1. The van der Waals surface area contributed by atoms with Crippen LogP contribution < -0.4 is 10.9 Å². The first-order chi connectivity index (χ1) is 12.7. The van der Waals surface area contributed by atoms with Crippen molar-refractivity contribution in [2.45, 2.75) is 32.2 Å². The summed E-state index contributed by atoms with van der Waals surface area (Å²) in [7, 11) is 0. The molecule has 0 bridgehead atoms. The van der Waals surface area contributed by atoms with Crippen LogP contribution in [0.5, 0.6) is 0 Å². The van der Waals surface area contributed by atoms with Gasteiger partial charge >= 0.3 is 0 Å². The van der Waals surface area contributed by atoms with Crippen molar-refractivity contribution in [1.29, 1.82) is 0 Å². The Kier molecular flexibility index (Phi) is 3.28. The Bertz CT molecular complexity index is 1190. The largest absolute Gasteiger partial charge is 0.364 e. The van der Waals surface area contributed by atoms with Crippen LogP contribution in [0.1, 0.15) is 35.8 Å². The quantitative estimate of drug-likeness (QED) is 0.550. The van der Waals surface area contributed by atoms with E-state index < -0.39 is 0 Å². The molecule has 1 aliphatic carbocycles. The van der Waals surface area contributed by atoms with E-state index in [0.29, 0.717) is 17.8 Å². The second-order valence-corrected chi connectivity index (χ2v) is 6.74. The minimum atomic E-state index is -0.131. The van der Waals surface area contributed by atoms with Gasteiger partial charge in [0.2, 0.25) is 0 Å². The number of aryl methyl sites for hydroxylation is 1. The molecule has 5 rings (SSSR count). The molecule has 0 aromatic carbocycles. The fourth-order valence-electron chi connectivity index (χ4n) is 3.39. The fourth-order valence-corrected chi connectivity index (χ4v) is 3.39. The number of H-pyrrole nitrogens is 1. The van der Waals surface area contributed by atoms with E-state index >= 15 is 0 Å². The zero-order chi connectivity index (χ0) is 17.7. The summed E-state index contributed by atoms with van der Waals surface area (Å²) in [5, 5.41) is 9.64. The molecule has 0 unspecified atom stereocenters. The topological polar surface area (TPSA) is 96.7 Å². The summed E-state index contributed by atoms with van der Waals surface area (Å²) >= 11 is 0. The molecule has 1 fully saturated rings. The molecule has 1 saturated carbocycles. The van der Waals surface area contributed by atoms with E-state index in [4.69, 9.17) is 9.51 Å². The van der Waals surface area contributed by atoms with Crippen LogP contribution in [0.25, 0.3) is 21.7 Å². The van der Waals surface area contributed by atoms with Gasteiger partial charge < -0.3 is 14.8 Å². The van der Waals surface area contributed by atoms with E-state index in [1.165, 1.54) is 0 Å². The van der Waals surface area contributed by atoms with Gasteiger partial charge in [-0.1, -0.05) is 5.16 Å². The van der Waals surface area contributed by atoms with E-state index in [1.807, 2.05) is 25.3 Å². The fraction of sp³-hybridized carbons (Fsp3) is 0.263. The predicted octanol–water partition coefficient (Wildman–Crippen LogP) is 3.26. The monoisotopic (exact) mass is 347 g/mol. The maximum Gasteiger partial charge on any atom is 0.258 e. The molecule has 0 saturated heterocycles. The molecule has 2 N–H and O–H groups in total. The zero-order valence-corrected chi connectivity index (χ0v) is 14.2. The van der Waals surface area contributed by atoms with Crippen molar-refractivity contribution >= 4 is 27.5 Å². The average Bonchev–Trinajstić information content (AvgIpc) is 3.41. The number of hydrogen-bond acceptors (Lipinski definition) is 6. The van der Waals surface area contributed by atoms with E-state index in [2.05, 4.69) is 20.4 Å². The highest BCUT2D eigenvalue weighted by Gasteiger charge is 2.27. The smallest absolute Gasteiger partial charge is 0.258 e. The van der Waals surface area contributed by atoms with E-state index in [-0.39, 0.29) is 5.56 Å². The molecule has 4 aromatic heterocycles. The lowest BCUT2D eigenvalue weighted by atomic mass is 10.0. The first-order valence-corrected chi connectivity index (χ1v) is 8.66. The van der Waals surface area contributed by atoms with Crippen molar-refractivity contribution in [2.75, 3.05) is 5.32 Å². The molecular weight excluding hydrogens is 330 g/mol. The summed E-state index contributed by atoms with van der Waals surface area (Å²) < 4.78 is 5.12. The number of anilines is 1. The number of hydrogen-bond donors (Lipinski definition) is 2. The van der Waals surface area contributed by atoms with Crippen LogP contribution in [-0.2, 0) is 6.54 Å². The van der Waals surface area contributed by atoms with Gasteiger partial charge in [-0.3, -0.25) is 9.78 Å². The third-order valence-corrected chi connectivity index (χ3v) is 4.80. The molecule has 4 aromatic rings. The van der Waals surface area contributed by atoms with Gasteiger partial charge in [0.15, 0.2) is 0 Å². The molecule has 4 heterocycles. The summed E-state index contributed by atoms with van der Waals surface area (Å²) in [6.45, 7) is 2.36. The van der Waals surface area contributed by atoms with Crippen LogP contribution in [-0.4, -0.2) is 20.1 Å². The Balaban J connectivity index is 1.71. The van der Waals surface area contributed by atoms with Gasteiger partial charge in [0, 0.05) is 35.4 Å². The Morgan fingerprint density at radius 2 is 2.23 bits per heavy atom. The Morgan fingerprint density at radius 3 is 3.00 bits per heavy atom. The lowest BCUT2D eigenvalue weighted by Gasteiger charge is -2.12. The third-order valence-electron chi connectivity index (χ3n) is 4.80. The van der Waals surface area contributed by atoms with Crippen molar-refractivity contribution in [3.8, 4) is 0 Å². The Morgan fingerprint density at radius 1 is 1.35 bits per heavy atom. The molecule has 1 aliphatic rings. The average molecular weight is 347 g/mol. The van der Waals surface area contributed by atoms with Crippen LogP contribution in [0.15, 0.2) is 40.0 Å². The van der Waals surface area contributed by atoms with Crippen molar-refractivity contribution in [2.24, 2.45) is 0 Å². The van der Waals surface area contributed by atoms with Gasteiger partial charge in [-0.15, -0.1) is 0 Å². The second-order valence-electron chi connectivity index (χ2n) is 6.74. The molecule has 7 nitrogen and oxygen atoms in total. The van der Waals surface area contributed by atoms with Crippen LogP contribution >= 0.6 is 0 Å². The van der Waals surface area contributed by atoms with Crippen LogP contribution in [0.3, 0.4) is 0 Å². The second kappa shape index (κ2) is 5.66. The summed E-state index contributed by atoms with van der Waals surface area (Å²) in [4.78, 5) is 24.4. The number of rotatable bonds is 4. The molecule has 0 atom stereocenters. The first kappa shape index (κ1) is 15.1. The summed E-state index contributed by atoms with van der Waals surface area (Å²) in [5.41, 5.74) is 2.54. The maximum absolute atomic E-state index is 12.5. The number of aromatic nitrogens is 4. The summed E-state index contributed by atoms with van der Waals surface area (Å²) in [6, 6.07) is 3.76. The van der Waals surface area contributed by atoms with Gasteiger partial charge in [0.05, 0.1) is 17.4 Å². The third kappa shape index (κ3) is 2.44. The lowest BCUT2D eigenvalue weighted by molar-refractivity contribution is 0.391. The lowest BCUT2D eigenvalue weighted by Crippen LogP contribution is -2.11. The molecule has 0 aliphatic heterocycles. The number of nitrogens with one attached hydrogen (secondary N) is 2. The summed E-state index contributed by atoms with van der Waals surface area (Å²) in [5.74, 6) is 1.97. The van der Waals surface area contributed by atoms with Gasteiger partial charge in [-0.05, 0) is 37.3 Å². The van der Waals surface area contributed by atoms with Gasteiger partial charge in [0.25, 0.3) is 5.56 Å². The van der Waals surface area contributed by atoms with Crippen molar-refractivity contribution in [3.63, 3.8) is 0 Å². The highest BCUT2D eigenvalue weighted by atomic mass is 16.5. The minimum absolute atomic E-state index is 0.131. The van der Waals surface area contributed by atoms with E-state index in [0.717, 1.165) is 52.0 Å². The van der Waals surface area contributed by atoms with Crippen LogP contribution in [0.4, 0.5) is 5.82 Å². The zero-order valence-electron chi connectivity index (χ0n) is 14.2.